The summed E-state index contributed by atoms with van der Waals surface area (Å²) in [6.07, 6.45) is 3.42. The minimum Gasteiger partial charge on any atom is -0.321 e. The van der Waals surface area contributed by atoms with Crippen molar-refractivity contribution in [3.05, 3.63) is 59.7 Å². The van der Waals surface area contributed by atoms with Gasteiger partial charge in [0.25, 0.3) is 5.91 Å². The average Bonchev–Trinajstić information content (AvgIpc) is 2.57. The molecule has 1 saturated heterocycles. The van der Waals surface area contributed by atoms with E-state index in [1.165, 1.54) is 30.5 Å². The van der Waals surface area contributed by atoms with Gasteiger partial charge in [0.1, 0.15) is 11.5 Å². The zero-order chi connectivity index (χ0) is 15.4. The number of anilines is 1. The van der Waals surface area contributed by atoms with E-state index >= 15 is 0 Å². The number of nitrogens with zero attached hydrogens (tertiary/aromatic N) is 1. The number of aromatic nitrogens is 1. The number of pyridine rings is 1. The van der Waals surface area contributed by atoms with Crippen molar-refractivity contribution >= 4 is 24.0 Å². The van der Waals surface area contributed by atoms with Gasteiger partial charge in [-0.15, -0.1) is 12.4 Å². The van der Waals surface area contributed by atoms with E-state index in [0.717, 1.165) is 19.3 Å². The SMILES string of the molecule is Cl.O=C(Nc1ccc(C2CCCNC2)cc1)c1ccc(F)cn1. The van der Waals surface area contributed by atoms with Crippen LogP contribution in [0.4, 0.5) is 10.1 Å². The third kappa shape index (κ3) is 4.50. The summed E-state index contributed by atoms with van der Waals surface area (Å²) in [6.45, 7) is 2.10. The number of hydrogen-bond acceptors (Lipinski definition) is 3. The van der Waals surface area contributed by atoms with Crippen molar-refractivity contribution < 1.29 is 9.18 Å². The third-order valence-corrected chi connectivity index (χ3v) is 3.90. The molecule has 2 N–H and O–H groups in total. The van der Waals surface area contributed by atoms with Crippen molar-refractivity contribution in [2.45, 2.75) is 18.8 Å². The molecule has 1 amide bonds. The first-order valence-corrected chi connectivity index (χ1v) is 7.46. The zero-order valence-electron chi connectivity index (χ0n) is 12.6. The van der Waals surface area contributed by atoms with Gasteiger partial charge in [-0.25, -0.2) is 9.37 Å². The molecule has 1 atom stereocenters. The van der Waals surface area contributed by atoms with Gasteiger partial charge in [-0.1, -0.05) is 12.1 Å². The van der Waals surface area contributed by atoms with Crippen LogP contribution in [0.25, 0.3) is 0 Å². The Balaban J connectivity index is 0.00000192. The van der Waals surface area contributed by atoms with Gasteiger partial charge in [0.2, 0.25) is 0 Å². The summed E-state index contributed by atoms with van der Waals surface area (Å²) in [7, 11) is 0. The van der Waals surface area contributed by atoms with Crippen LogP contribution in [-0.2, 0) is 0 Å². The predicted molar refractivity (Wildman–Crippen MR) is 90.7 cm³/mol. The van der Waals surface area contributed by atoms with Crippen LogP contribution in [0.3, 0.4) is 0 Å². The van der Waals surface area contributed by atoms with Gasteiger partial charge >= 0.3 is 0 Å². The van der Waals surface area contributed by atoms with Gasteiger partial charge in [0, 0.05) is 12.2 Å². The molecule has 1 aromatic carbocycles. The standard InChI is InChI=1S/C17H18FN3O.ClH/c18-14-5-8-16(20-11-14)17(22)21-15-6-3-12(4-7-15)13-2-1-9-19-10-13;/h3-8,11,13,19H,1-2,9-10H2,(H,21,22);1H. The summed E-state index contributed by atoms with van der Waals surface area (Å²) in [5, 5.41) is 6.17. The van der Waals surface area contributed by atoms with E-state index in [9.17, 15) is 9.18 Å². The lowest BCUT2D eigenvalue weighted by Gasteiger charge is -2.23. The smallest absolute Gasteiger partial charge is 0.274 e. The van der Waals surface area contributed by atoms with Gasteiger partial charge in [-0.05, 0) is 55.1 Å². The van der Waals surface area contributed by atoms with E-state index in [0.29, 0.717) is 11.6 Å². The second-order valence-corrected chi connectivity index (χ2v) is 5.48. The van der Waals surface area contributed by atoms with Crippen LogP contribution in [0.5, 0.6) is 0 Å². The number of amides is 1. The first-order chi connectivity index (χ1) is 10.7. The van der Waals surface area contributed by atoms with Crippen molar-refractivity contribution in [1.82, 2.24) is 10.3 Å². The van der Waals surface area contributed by atoms with Crippen molar-refractivity contribution in [2.75, 3.05) is 18.4 Å². The Morgan fingerprint density at radius 3 is 2.61 bits per heavy atom. The van der Waals surface area contributed by atoms with Crippen molar-refractivity contribution in [2.24, 2.45) is 0 Å². The normalized spacial score (nSPS) is 17.2. The first-order valence-electron chi connectivity index (χ1n) is 7.46. The fraction of sp³-hybridized carbons (Fsp3) is 0.294. The van der Waals surface area contributed by atoms with Crippen molar-refractivity contribution in [3.63, 3.8) is 0 Å². The summed E-state index contributed by atoms with van der Waals surface area (Å²) < 4.78 is 12.8. The Kier molecular flexibility index (Phi) is 6.07. The topological polar surface area (TPSA) is 54.0 Å². The molecular formula is C17H19ClFN3O. The Labute approximate surface area is 140 Å². The molecule has 0 aliphatic carbocycles. The van der Waals surface area contributed by atoms with E-state index in [-0.39, 0.29) is 24.0 Å². The largest absolute Gasteiger partial charge is 0.321 e. The molecule has 4 nitrogen and oxygen atoms in total. The van der Waals surface area contributed by atoms with Crippen LogP contribution >= 0.6 is 12.4 Å². The van der Waals surface area contributed by atoms with E-state index in [2.05, 4.69) is 15.6 Å². The quantitative estimate of drug-likeness (QED) is 0.904. The Morgan fingerprint density at radius 2 is 2.00 bits per heavy atom. The molecule has 0 saturated carbocycles. The van der Waals surface area contributed by atoms with Crippen LogP contribution < -0.4 is 10.6 Å². The summed E-state index contributed by atoms with van der Waals surface area (Å²) in [6, 6.07) is 10.5. The van der Waals surface area contributed by atoms with E-state index in [4.69, 9.17) is 0 Å². The van der Waals surface area contributed by atoms with Crippen LogP contribution in [-0.4, -0.2) is 24.0 Å². The molecule has 1 aromatic heterocycles. The molecule has 0 bridgehead atoms. The highest BCUT2D eigenvalue weighted by atomic mass is 35.5. The number of hydrogen-bond donors (Lipinski definition) is 2. The Hall–Kier alpha value is -1.98. The Bertz CT molecular complexity index is 640. The van der Waals surface area contributed by atoms with E-state index < -0.39 is 5.82 Å². The van der Waals surface area contributed by atoms with Gasteiger partial charge in [0.05, 0.1) is 6.20 Å². The molecule has 1 aliphatic rings. The summed E-state index contributed by atoms with van der Waals surface area (Å²) in [5.41, 5.74) is 2.19. The lowest BCUT2D eigenvalue weighted by atomic mass is 9.92. The lowest BCUT2D eigenvalue weighted by molar-refractivity contribution is 0.102. The highest BCUT2D eigenvalue weighted by Crippen LogP contribution is 2.24. The summed E-state index contributed by atoms with van der Waals surface area (Å²) in [5.74, 6) is -0.258. The number of piperidine rings is 1. The van der Waals surface area contributed by atoms with Crippen LogP contribution in [0, 0.1) is 5.82 Å². The molecule has 122 valence electrons. The number of rotatable bonds is 3. The van der Waals surface area contributed by atoms with Gasteiger partial charge in [-0.2, -0.15) is 0 Å². The predicted octanol–water partition coefficient (Wildman–Crippen LogP) is 3.36. The molecule has 0 radical (unpaired) electrons. The minimum atomic E-state index is -0.456. The molecule has 1 fully saturated rings. The zero-order valence-corrected chi connectivity index (χ0v) is 13.4. The molecule has 2 aromatic rings. The fourth-order valence-corrected chi connectivity index (χ4v) is 2.68. The van der Waals surface area contributed by atoms with Crippen LogP contribution in [0.2, 0.25) is 0 Å². The number of benzene rings is 1. The number of carbonyl (C=O) groups excluding carboxylic acids is 1. The monoisotopic (exact) mass is 335 g/mol. The Morgan fingerprint density at radius 1 is 1.22 bits per heavy atom. The second-order valence-electron chi connectivity index (χ2n) is 5.48. The third-order valence-electron chi connectivity index (χ3n) is 3.90. The maximum Gasteiger partial charge on any atom is 0.274 e. The van der Waals surface area contributed by atoms with Crippen molar-refractivity contribution in [1.29, 1.82) is 0 Å². The molecule has 3 rings (SSSR count). The lowest BCUT2D eigenvalue weighted by Crippen LogP contribution is -2.28. The van der Waals surface area contributed by atoms with E-state index in [1.807, 2.05) is 24.3 Å². The molecule has 23 heavy (non-hydrogen) atoms. The molecule has 2 heterocycles. The summed E-state index contributed by atoms with van der Waals surface area (Å²) in [4.78, 5) is 15.8. The molecule has 0 spiro atoms. The fourth-order valence-electron chi connectivity index (χ4n) is 2.68. The minimum absolute atomic E-state index is 0. The average molecular weight is 336 g/mol. The molecule has 1 unspecified atom stereocenters. The van der Waals surface area contributed by atoms with Gasteiger partial charge < -0.3 is 10.6 Å². The number of nitrogens with one attached hydrogen (secondary N) is 2. The van der Waals surface area contributed by atoms with Gasteiger partial charge in [-0.3, -0.25) is 4.79 Å². The maximum atomic E-state index is 12.8. The molecular weight excluding hydrogens is 317 g/mol. The van der Waals surface area contributed by atoms with Crippen LogP contribution in [0.15, 0.2) is 42.6 Å². The maximum absolute atomic E-state index is 12.8. The second kappa shape index (κ2) is 8.04. The highest BCUT2D eigenvalue weighted by molar-refractivity contribution is 6.02. The highest BCUT2D eigenvalue weighted by Gasteiger charge is 2.15. The van der Waals surface area contributed by atoms with Crippen molar-refractivity contribution in [3.8, 4) is 0 Å². The molecule has 6 heteroatoms. The van der Waals surface area contributed by atoms with E-state index in [1.54, 1.807) is 0 Å². The van der Waals surface area contributed by atoms with Gasteiger partial charge in [0.15, 0.2) is 0 Å². The van der Waals surface area contributed by atoms with Crippen LogP contribution in [0.1, 0.15) is 34.8 Å². The number of carbonyl (C=O) groups is 1. The molecule has 1 aliphatic heterocycles. The number of halogens is 2. The summed E-state index contributed by atoms with van der Waals surface area (Å²) >= 11 is 0. The first kappa shape index (κ1) is 17.4.